The van der Waals surface area contributed by atoms with Crippen molar-refractivity contribution in [3.8, 4) is 0 Å². The van der Waals surface area contributed by atoms with Gasteiger partial charge in [0.2, 0.25) is 0 Å². The van der Waals surface area contributed by atoms with Gasteiger partial charge in [-0.3, -0.25) is 0 Å². The van der Waals surface area contributed by atoms with E-state index in [9.17, 15) is 4.39 Å². The predicted octanol–water partition coefficient (Wildman–Crippen LogP) is 2.56. The number of hydrogen-bond donors (Lipinski definition) is 1. The van der Waals surface area contributed by atoms with Gasteiger partial charge in [0.15, 0.2) is 0 Å². The summed E-state index contributed by atoms with van der Waals surface area (Å²) in [6, 6.07) is 5.56. The molecule has 1 fully saturated rings. The Balaban J connectivity index is 1.94. The van der Waals surface area contributed by atoms with Crippen LogP contribution in [0.15, 0.2) is 18.2 Å². The number of likely N-dealkylation sites (tertiary alicyclic amines) is 1. The highest BCUT2D eigenvalue weighted by molar-refractivity contribution is 7.80. The Bertz CT molecular complexity index is 513. The van der Waals surface area contributed by atoms with Crippen molar-refractivity contribution in [1.82, 2.24) is 4.90 Å². The van der Waals surface area contributed by atoms with Crippen molar-refractivity contribution in [1.29, 1.82) is 0 Å². The number of nitrogens with two attached hydrogens (primary N) is 1. The monoisotopic (exact) mass is 264 g/mol. The molecule has 0 unspecified atom stereocenters. The van der Waals surface area contributed by atoms with Gasteiger partial charge >= 0.3 is 0 Å². The zero-order valence-electron chi connectivity index (χ0n) is 10.4. The van der Waals surface area contributed by atoms with Crippen LogP contribution in [0.5, 0.6) is 0 Å². The molecule has 1 aromatic carbocycles. The van der Waals surface area contributed by atoms with Gasteiger partial charge in [0.05, 0.1) is 16.6 Å². The average molecular weight is 264 g/mol. The molecule has 3 rings (SSSR count). The van der Waals surface area contributed by atoms with Gasteiger partial charge in [0, 0.05) is 6.54 Å². The SMILES string of the molecule is C[C@]1(N)CCN([C@@H]2CCc3c(F)cccc32)C1=S. The molecule has 1 aromatic rings. The Morgan fingerprint density at radius 3 is 2.94 bits per heavy atom. The first kappa shape index (κ1) is 12.1. The summed E-state index contributed by atoms with van der Waals surface area (Å²) in [5.41, 5.74) is 7.74. The summed E-state index contributed by atoms with van der Waals surface area (Å²) < 4.78 is 13.7. The van der Waals surface area contributed by atoms with Crippen molar-refractivity contribution >= 4 is 17.2 Å². The molecule has 2 nitrogen and oxygen atoms in total. The summed E-state index contributed by atoms with van der Waals surface area (Å²) in [6.07, 6.45) is 2.62. The number of rotatable bonds is 1. The van der Waals surface area contributed by atoms with Crippen LogP contribution in [-0.4, -0.2) is 22.0 Å². The van der Waals surface area contributed by atoms with E-state index in [1.165, 1.54) is 6.07 Å². The summed E-state index contributed by atoms with van der Waals surface area (Å²) in [4.78, 5) is 3.02. The molecule has 1 aliphatic carbocycles. The lowest BCUT2D eigenvalue weighted by atomic mass is 10.0. The number of fused-ring (bicyclic) bond motifs is 1. The molecular formula is C14H17FN2S. The molecule has 2 atom stereocenters. The molecule has 0 spiro atoms. The molecule has 1 aliphatic heterocycles. The van der Waals surface area contributed by atoms with Crippen LogP contribution in [0.4, 0.5) is 4.39 Å². The van der Waals surface area contributed by atoms with E-state index in [2.05, 4.69) is 4.90 Å². The van der Waals surface area contributed by atoms with Crippen LogP contribution >= 0.6 is 12.2 Å². The number of nitrogens with zero attached hydrogens (tertiary/aromatic N) is 1. The molecule has 2 aliphatic rings. The summed E-state index contributed by atoms with van der Waals surface area (Å²) in [7, 11) is 0. The first-order valence-corrected chi connectivity index (χ1v) is 6.79. The average Bonchev–Trinajstić information content (AvgIpc) is 2.84. The molecule has 0 amide bonds. The number of hydrogen-bond acceptors (Lipinski definition) is 2. The maximum absolute atomic E-state index is 13.7. The van der Waals surface area contributed by atoms with Crippen LogP contribution in [0.3, 0.4) is 0 Å². The van der Waals surface area contributed by atoms with Gasteiger partial charge in [-0.2, -0.15) is 0 Å². The fraction of sp³-hybridized carbons (Fsp3) is 0.500. The molecular weight excluding hydrogens is 247 g/mol. The van der Waals surface area contributed by atoms with Gasteiger partial charge in [-0.25, -0.2) is 4.39 Å². The molecule has 0 bridgehead atoms. The largest absolute Gasteiger partial charge is 0.357 e. The smallest absolute Gasteiger partial charge is 0.126 e. The molecule has 96 valence electrons. The van der Waals surface area contributed by atoms with E-state index >= 15 is 0 Å². The summed E-state index contributed by atoms with van der Waals surface area (Å²) in [6.45, 7) is 2.86. The first-order chi connectivity index (χ1) is 8.50. The maximum atomic E-state index is 13.7. The second-order valence-electron chi connectivity index (χ2n) is 5.53. The summed E-state index contributed by atoms with van der Waals surface area (Å²) >= 11 is 5.48. The molecule has 2 N–H and O–H groups in total. The number of thiocarbonyl (C=S) groups is 1. The Morgan fingerprint density at radius 2 is 2.28 bits per heavy atom. The van der Waals surface area contributed by atoms with Gasteiger partial charge < -0.3 is 10.6 Å². The highest BCUT2D eigenvalue weighted by Crippen LogP contribution is 2.40. The van der Waals surface area contributed by atoms with Crippen LogP contribution in [0, 0.1) is 5.82 Å². The molecule has 18 heavy (non-hydrogen) atoms. The van der Waals surface area contributed by atoms with Crippen molar-refractivity contribution < 1.29 is 4.39 Å². The van der Waals surface area contributed by atoms with Crippen molar-refractivity contribution in [3.63, 3.8) is 0 Å². The minimum atomic E-state index is -0.384. The molecule has 0 saturated carbocycles. The van der Waals surface area contributed by atoms with Gasteiger partial charge in [0.1, 0.15) is 5.82 Å². The van der Waals surface area contributed by atoms with E-state index < -0.39 is 0 Å². The van der Waals surface area contributed by atoms with Crippen LogP contribution in [-0.2, 0) is 6.42 Å². The highest BCUT2D eigenvalue weighted by atomic mass is 32.1. The topological polar surface area (TPSA) is 29.3 Å². The van der Waals surface area contributed by atoms with Crippen LogP contribution in [0.25, 0.3) is 0 Å². The predicted molar refractivity (Wildman–Crippen MR) is 74.0 cm³/mol. The maximum Gasteiger partial charge on any atom is 0.126 e. The third-order valence-electron chi connectivity index (χ3n) is 4.18. The fourth-order valence-corrected chi connectivity index (χ4v) is 3.42. The second kappa shape index (κ2) is 4.00. The second-order valence-corrected chi connectivity index (χ2v) is 5.91. The van der Waals surface area contributed by atoms with Crippen molar-refractivity contribution in [3.05, 3.63) is 35.1 Å². The van der Waals surface area contributed by atoms with Crippen LogP contribution in [0.2, 0.25) is 0 Å². The normalized spacial score (nSPS) is 30.9. The highest BCUT2D eigenvalue weighted by Gasteiger charge is 2.41. The number of benzene rings is 1. The van der Waals surface area contributed by atoms with Crippen molar-refractivity contribution in [2.24, 2.45) is 5.73 Å². The van der Waals surface area contributed by atoms with E-state index in [1.807, 2.05) is 13.0 Å². The lowest BCUT2D eigenvalue weighted by Crippen LogP contribution is -2.44. The van der Waals surface area contributed by atoms with Crippen molar-refractivity contribution in [2.45, 2.75) is 37.8 Å². The van der Waals surface area contributed by atoms with Crippen LogP contribution < -0.4 is 5.73 Å². The van der Waals surface area contributed by atoms with Crippen LogP contribution in [0.1, 0.15) is 36.9 Å². The van der Waals surface area contributed by atoms with E-state index in [1.54, 1.807) is 6.07 Å². The standard InChI is InChI=1S/C14H17FN2S/c1-14(16)7-8-17(13(14)18)12-6-5-9-10(12)3-2-4-11(9)15/h2-4,12H,5-8,16H2,1H3/t12-,14+/m1/s1. The van der Waals surface area contributed by atoms with E-state index in [-0.39, 0.29) is 17.4 Å². The van der Waals surface area contributed by atoms with E-state index in [4.69, 9.17) is 18.0 Å². The Kier molecular flexibility index (Phi) is 2.68. The van der Waals surface area contributed by atoms with E-state index in [0.717, 1.165) is 41.9 Å². The van der Waals surface area contributed by atoms with Gasteiger partial charge in [-0.15, -0.1) is 0 Å². The fourth-order valence-electron chi connectivity index (χ4n) is 3.10. The van der Waals surface area contributed by atoms with E-state index in [0.29, 0.717) is 0 Å². The Morgan fingerprint density at radius 1 is 1.50 bits per heavy atom. The quantitative estimate of drug-likeness (QED) is 0.790. The molecule has 0 aromatic heterocycles. The lowest BCUT2D eigenvalue weighted by Gasteiger charge is -2.29. The molecule has 1 heterocycles. The molecule has 1 saturated heterocycles. The lowest BCUT2D eigenvalue weighted by molar-refractivity contribution is 0.344. The first-order valence-electron chi connectivity index (χ1n) is 6.38. The van der Waals surface area contributed by atoms with Gasteiger partial charge in [-0.05, 0) is 43.4 Å². The third kappa shape index (κ3) is 1.67. The minimum Gasteiger partial charge on any atom is -0.357 e. The minimum absolute atomic E-state index is 0.0874. The zero-order valence-corrected chi connectivity index (χ0v) is 11.3. The number of halogens is 1. The summed E-state index contributed by atoms with van der Waals surface area (Å²) in [5.74, 6) is -0.0874. The van der Waals surface area contributed by atoms with Gasteiger partial charge in [0.25, 0.3) is 0 Å². The zero-order chi connectivity index (χ0) is 12.9. The summed E-state index contributed by atoms with van der Waals surface area (Å²) in [5, 5.41) is 0. The Hall–Kier alpha value is -1.00. The Labute approximate surface area is 112 Å². The third-order valence-corrected chi connectivity index (χ3v) is 4.88. The molecule has 4 heteroatoms. The van der Waals surface area contributed by atoms with Crippen molar-refractivity contribution in [2.75, 3.05) is 6.54 Å². The van der Waals surface area contributed by atoms with Gasteiger partial charge in [-0.1, -0.05) is 24.4 Å². The molecule has 0 radical (unpaired) electrons.